The summed E-state index contributed by atoms with van der Waals surface area (Å²) >= 11 is 2.27. The lowest BCUT2D eigenvalue weighted by molar-refractivity contribution is 0.102. The Morgan fingerprint density at radius 2 is 1.98 bits per heavy atom. The Morgan fingerprint density at radius 1 is 1.12 bits per heavy atom. The van der Waals surface area contributed by atoms with Crippen LogP contribution in [0.2, 0.25) is 0 Å². The zero-order valence-corrected chi connectivity index (χ0v) is 23.0. The maximum absolute atomic E-state index is 14.8. The van der Waals surface area contributed by atoms with Crippen LogP contribution in [0.25, 0.3) is 21.1 Å². The molecule has 2 aromatic carbocycles. The number of nitrogens with two attached hydrogens (primary N) is 1. The Morgan fingerprint density at radius 3 is 2.76 bits per heavy atom. The Labute approximate surface area is 239 Å². The molecular weight excluding hydrogens is 574 g/mol. The number of nitrogens with one attached hydrogen (secondary N) is 4. The number of rotatable bonds is 9. The van der Waals surface area contributed by atoms with E-state index in [1.165, 1.54) is 30.6 Å². The number of aromatic nitrogens is 4. The number of aromatic amines is 1. The minimum Gasteiger partial charge on any atom is -0.497 e. The van der Waals surface area contributed by atoms with Crippen LogP contribution in [0, 0.1) is 11.6 Å². The first-order valence-electron chi connectivity index (χ1n) is 12.0. The van der Waals surface area contributed by atoms with E-state index in [9.17, 15) is 18.4 Å². The summed E-state index contributed by atoms with van der Waals surface area (Å²) in [5.74, 6) is -1.80. The number of ether oxygens (including phenoxy) is 1. The van der Waals surface area contributed by atoms with Gasteiger partial charge in [-0.15, -0.1) is 11.3 Å². The van der Waals surface area contributed by atoms with Gasteiger partial charge in [-0.3, -0.25) is 10.1 Å². The van der Waals surface area contributed by atoms with E-state index in [-0.39, 0.29) is 33.5 Å². The number of nitrogen functional groups attached to an aromatic ring is 1. The quantitative estimate of drug-likeness (QED) is 0.157. The molecule has 41 heavy (non-hydrogen) atoms. The predicted molar refractivity (Wildman–Crippen MR) is 153 cm³/mol. The highest BCUT2D eigenvalue weighted by atomic mass is 32.1. The minimum absolute atomic E-state index is 0.0204. The van der Waals surface area contributed by atoms with Gasteiger partial charge in [0.2, 0.25) is 0 Å². The van der Waals surface area contributed by atoms with Crippen LogP contribution >= 0.6 is 22.7 Å². The van der Waals surface area contributed by atoms with Gasteiger partial charge in [-0.2, -0.15) is 0 Å². The van der Waals surface area contributed by atoms with E-state index in [4.69, 9.17) is 10.5 Å². The van der Waals surface area contributed by atoms with Crippen molar-refractivity contribution in [2.24, 2.45) is 0 Å². The molecule has 0 saturated carbocycles. The Bertz CT molecular complexity index is 1700. The lowest BCUT2D eigenvalue weighted by Crippen LogP contribution is -2.30. The Hall–Kier alpha value is -4.89. The molecule has 6 N–H and O–H groups in total. The van der Waals surface area contributed by atoms with E-state index in [2.05, 4.69) is 35.9 Å². The molecule has 5 rings (SSSR count). The number of hydrogen-bond donors (Lipinski definition) is 5. The van der Waals surface area contributed by atoms with Crippen LogP contribution in [-0.2, 0) is 6.42 Å². The number of H-pyrrole nitrogens is 1. The topological polar surface area (TPSA) is 160 Å². The van der Waals surface area contributed by atoms with Gasteiger partial charge in [0.1, 0.15) is 33.1 Å². The first kappa shape index (κ1) is 27.7. The van der Waals surface area contributed by atoms with E-state index in [1.807, 2.05) is 0 Å². The zero-order valence-electron chi connectivity index (χ0n) is 21.3. The van der Waals surface area contributed by atoms with Crippen molar-refractivity contribution < 1.29 is 23.1 Å². The van der Waals surface area contributed by atoms with E-state index >= 15 is 0 Å². The number of carbonyl (C=O) groups excluding carboxylic acids is 2. The summed E-state index contributed by atoms with van der Waals surface area (Å²) in [6.07, 6.45) is 3.81. The van der Waals surface area contributed by atoms with Crippen molar-refractivity contribution in [1.82, 2.24) is 25.3 Å². The smallest absolute Gasteiger partial charge is 0.321 e. The van der Waals surface area contributed by atoms with Gasteiger partial charge in [-0.1, -0.05) is 17.4 Å². The summed E-state index contributed by atoms with van der Waals surface area (Å²) < 4.78 is 34.5. The maximum atomic E-state index is 14.8. The number of thiazole rings is 2. The van der Waals surface area contributed by atoms with Gasteiger partial charge in [0.25, 0.3) is 5.91 Å². The lowest BCUT2D eigenvalue weighted by Gasteiger charge is -2.10. The van der Waals surface area contributed by atoms with Crippen molar-refractivity contribution in [2.45, 2.75) is 6.42 Å². The van der Waals surface area contributed by atoms with Gasteiger partial charge in [0, 0.05) is 47.4 Å². The van der Waals surface area contributed by atoms with Crippen LogP contribution in [-0.4, -0.2) is 45.5 Å². The molecule has 15 heteroatoms. The zero-order chi connectivity index (χ0) is 28.9. The molecule has 0 aliphatic rings. The Balaban J connectivity index is 1.29. The molecule has 3 amide bonds. The summed E-state index contributed by atoms with van der Waals surface area (Å²) in [5, 5.41) is 10.1. The lowest BCUT2D eigenvalue weighted by atomic mass is 10.1. The number of halogens is 2. The first-order chi connectivity index (χ1) is 19.8. The molecule has 11 nitrogen and oxygen atoms in total. The monoisotopic (exact) mass is 596 g/mol. The largest absolute Gasteiger partial charge is 0.497 e. The molecule has 0 bridgehead atoms. The van der Waals surface area contributed by atoms with E-state index in [0.717, 1.165) is 17.0 Å². The second kappa shape index (κ2) is 12.1. The van der Waals surface area contributed by atoms with Crippen molar-refractivity contribution in [1.29, 1.82) is 0 Å². The molecule has 3 aromatic heterocycles. The molecule has 0 saturated heterocycles. The van der Waals surface area contributed by atoms with Crippen LogP contribution in [0.3, 0.4) is 0 Å². The average Bonchev–Trinajstić information content (AvgIpc) is 3.72. The fraction of sp³-hybridized carbons (Fsp3) is 0.115. The molecular formula is C26H22F2N8O3S2. The van der Waals surface area contributed by atoms with E-state index in [1.54, 1.807) is 36.1 Å². The standard InChI is InChI=1S/C26H22F2N8O3S2/c1-39-15-4-2-3-13(7-15)23(37)33-19-8-16(17(27)9-18(19)28)20-11-40-24(34-20)21-22(29)35-26(41-21)36-25(38)31-6-5-14-10-30-12-32-14/h2-4,7-12H,5-6,29H2,1H3,(H,30,32)(H,33,37)(H2,31,35,36,38). The number of imidazole rings is 1. The van der Waals surface area contributed by atoms with E-state index < -0.39 is 23.6 Å². The van der Waals surface area contributed by atoms with Crippen molar-refractivity contribution in [3.05, 3.63) is 77.2 Å². The summed E-state index contributed by atoms with van der Waals surface area (Å²) in [5.41, 5.74) is 7.16. The highest BCUT2D eigenvalue weighted by Crippen LogP contribution is 2.39. The minimum atomic E-state index is -0.941. The predicted octanol–water partition coefficient (Wildman–Crippen LogP) is 5.14. The highest BCUT2D eigenvalue weighted by Gasteiger charge is 2.20. The highest BCUT2D eigenvalue weighted by molar-refractivity contribution is 7.23. The summed E-state index contributed by atoms with van der Waals surface area (Å²) in [7, 11) is 1.46. The molecule has 0 radical (unpaired) electrons. The molecule has 3 heterocycles. The normalized spacial score (nSPS) is 10.8. The molecule has 0 spiro atoms. The number of nitrogens with zero attached hydrogens (tertiary/aromatic N) is 3. The molecule has 210 valence electrons. The van der Waals surface area contributed by atoms with Crippen LogP contribution in [0.1, 0.15) is 16.1 Å². The number of carbonyl (C=O) groups is 2. The van der Waals surface area contributed by atoms with Crippen LogP contribution in [0.15, 0.2) is 54.3 Å². The molecule has 0 unspecified atom stereocenters. The van der Waals surface area contributed by atoms with Gasteiger partial charge in [0.05, 0.1) is 24.8 Å². The van der Waals surface area contributed by atoms with Gasteiger partial charge in [0.15, 0.2) is 5.13 Å². The third kappa shape index (κ3) is 6.47. The number of urea groups is 1. The fourth-order valence-electron chi connectivity index (χ4n) is 3.71. The number of benzene rings is 2. The first-order valence-corrected chi connectivity index (χ1v) is 13.7. The average molecular weight is 597 g/mol. The number of hydrogen-bond acceptors (Lipinski definition) is 9. The van der Waals surface area contributed by atoms with Gasteiger partial charge < -0.3 is 26.1 Å². The number of anilines is 3. The summed E-state index contributed by atoms with van der Waals surface area (Å²) in [6, 6.07) is 7.74. The molecule has 5 aromatic rings. The van der Waals surface area contributed by atoms with Crippen molar-refractivity contribution in [3.8, 4) is 26.9 Å². The van der Waals surface area contributed by atoms with Gasteiger partial charge in [-0.25, -0.2) is 28.5 Å². The summed E-state index contributed by atoms with van der Waals surface area (Å²) in [6.45, 7) is 0.378. The second-order valence-electron chi connectivity index (χ2n) is 8.48. The third-order valence-corrected chi connectivity index (χ3v) is 7.70. The SMILES string of the molecule is COc1cccc(C(=O)Nc2cc(-c3csc(-c4sc(NC(=O)NCCc5cnc[nH]5)nc4N)n3)c(F)cc2F)c1. The maximum Gasteiger partial charge on any atom is 0.321 e. The van der Waals surface area contributed by atoms with Gasteiger partial charge in [-0.05, 0) is 24.3 Å². The van der Waals surface area contributed by atoms with Crippen molar-refractivity contribution in [2.75, 3.05) is 30.0 Å². The van der Waals surface area contributed by atoms with E-state index in [0.29, 0.717) is 34.7 Å². The van der Waals surface area contributed by atoms with Crippen molar-refractivity contribution >= 4 is 51.2 Å². The Kier molecular flexibility index (Phi) is 8.16. The van der Waals surface area contributed by atoms with Crippen LogP contribution in [0.4, 0.5) is 30.2 Å². The molecule has 0 aliphatic carbocycles. The molecule has 0 fully saturated rings. The number of amides is 3. The van der Waals surface area contributed by atoms with Crippen LogP contribution < -0.4 is 26.4 Å². The summed E-state index contributed by atoms with van der Waals surface area (Å²) in [4.78, 5) is 40.9. The third-order valence-electron chi connectivity index (χ3n) is 5.72. The van der Waals surface area contributed by atoms with Crippen LogP contribution in [0.5, 0.6) is 5.75 Å². The molecule has 0 atom stereocenters. The molecule has 0 aliphatic heterocycles. The number of methoxy groups -OCH3 is 1. The fourth-order valence-corrected chi connectivity index (χ4v) is 5.51. The second-order valence-corrected chi connectivity index (χ2v) is 10.3. The van der Waals surface area contributed by atoms with Gasteiger partial charge >= 0.3 is 6.03 Å². The van der Waals surface area contributed by atoms with Crippen molar-refractivity contribution in [3.63, 3.8) is 0 Å².